The number of thioether (sulfide) groups is 1. The van der Waals surface area contributed by atoms with Gasteiger partial charge in [-0.2, -0.15) is 0 Å². The monoisotopic (exact) mass is 250 g/mol. The molecule has 17 heavy (non-hydrogen) atoms. The molecule has 0 aromatic rings. The molecule has 0 heterocycles. The van der Waals surface area contributed by atoms with Gasteiger partial charge in [0.1, 0.15) is 0 Å². The zero-order chi connectivity index (χ0) is 12.4. The van der Waals surface area contributed by atoms with Gasteiger partial charge < -0.3 is 0 Å². The Labute approximate surface area is 109 Å². The molecule has 1 fully saturated rings. The van der Waals surface area contributed by atoms with E-state index in [2.05, 4.69) is 25.7 Å². The van der Waals surface area contributed by atoms with E-state index in [9.17, 15) is 4.79 Å². The summed E-state index contributed by atoms with van der Waals surface area (Å²) in [7, 11) is 0. The number of hydrogen-bond acceptors (Lipinski definition) is 2. The zero-order valence-corrected chi connectivity index (χ0v) is 11.6. The summed E-state index contributed by atoms with van der Waals surface area (Å²) in [5.41, 5.74) is 0.676. The second kappa shape index (κ2) is 5.43. The Balaban J connectivity index is 1.77. The summed E-state index contributed by atoms with van der Waals surface area (Å²) in [4.78, 5) is 11.5. The van der Waals surface area contributed by atoms with E-state index in [1.54, 1.807) is 6.92 Å². The quantitative estimate of drug-likeness (QED) is 0.553. The molecule has 1 nitrogen and oxygen atoms in total. The lowest BCUT2D eigenvalue weighted by atomic mass is 9.89. The minimum Gasteiger partial charge on any atom is -0.282 e. The van der Waals surface area contributed by atoms with Crippen molar-refractivity contribution in [2.75, 3.05) is 5.75 Å². The average molecular weight is 250 g/mol. The Morgan fingerprint density at radius 3 is 3.00 bits per heavy atom. The van der Waals surface area contributed by atoms with Crippen molar-refractivity contribution < 1.29 is 4.79 Å². The first-order valence-corrected chi connectivity index (χ1v) is 7.57. The van der Waals surface area contributed by atoms with E-state index in [1.165, 1.54) is 31.0 Å². The molecule has 2 aliphatic rings. The van der Waals surface area contributed by atoms with Gasteiger partial charge in [-0.05, 0) is 55.4 Å². The lowest BCUT2D eigenvalue weighted by molar-refractivity contribution is -0.107. The second-order valence-electron chi connectivity index (χ2n) is 5.58. The van der Waals surface area contributed by atoms with Crippen LogP contribution in [0.4, 0.5) is 0 Å². The van der Waals surface area contributed by atoms with E-state index in [-0.39, 0.29) is 5.12 Å². The Hall–Kier alpha value is -0.500. The molecular weight excluding hydrogens is 228 g/mol. The van der Waals surface area contributed by atoms with E-state index in [0.29, 0.717) is 5.57 Å². The van der Waals surface area contributed by atoms with Crippen molar-refractivity contribution in [2.45, 2.75) is 33.1 Å². The van der Waals surface area contributed by atoms with Crippen LogP contribution < -0.4 is 0 Å². The SMILES string of the molecule is C=C(C)C(=O)SCCC1CC(C)C2C=CCC12. The molecular formula is C15H22OS. The summed E-state index contributed by atoms with van der Waals surface area (Å²) >= 11 is 1.45. The second-order valence-corrected chi connectivity index (χ2v) is 6.65. The first-order valence-electron chi connectivity index (χ1n) is 6.59. The summed E-state index contributed by atoms with van der Waals surface area (Å²) in [6.45, 7) is 7.86. The largest absolute Gasteiger partial charge is 0.282 e. The normalized spacial score (nSPS) is 34.9. The van der Waals surface area contributed by atoms with Gasteiger partial charge in [0.25, 0.3) is 0 Å². The molecule has 2 aliphatic carbocycles. The molecule has 2 heteroatoms. The van der Waals surface area contributed by atoms with Crippen LogP contribution >= 0.6 is 11.8 Å². The highest BCUT2D eigenvalue weighted by Gasteiger charge is 2.40. The van der Waals surface area contributed by atoms with Crippen LogP contribution in [0.25, 0.3) is 0 Å². The Morgan fingerprint density at radius 1 is 1.53 bits per heavy atom. The van der Waals surface area contributed by atoms with Gasteiger partial charge in [-0.25, -0.2) is 0 Å². The fourth-order valence-electron chi connectivity index (χ4n) is 3.38. The third-order valence-electron chi connectivity index (χ3n) is 4.27. The van der Waals surface area contributed by atoms with Gasteiger partial charge >= 0.3 is 0 Å². The summed E-state index contributed by atoms with van der Waals surface area (Å²) in [6.07, 6.45) is 8.57. The molecule has 94 valence electrons. The Bertz CT molecular complexity index is 345. The molecule has 0 radical (unpaired) electrons. The fraction of sp³-hybridized carbons (Fsp3) is 0.667. The summed E-state index contributed by atoms with van der Waals surface area (Å²) < 4.78 is 0. The number of allylic oxidation sites excluding steroid dienone is 2. The van der Waals surface area contributed by atoms with Gasteiger partial charge in [0.05, 0.1) is 0 Å². The van der Waals surface area contributed by atoms with Crippen molar-refractivity contribution in [3.63, 3.8) is 0 Å². The predicted octanol–water partition coefficient (Wildman–Crippen LogP) is 4.06. The van der Waals surface area contributed by atoms with Gasteiger partial charge in [-0.15, -0.1) is 0 Å². The van der Waals surface area contributed by atoms with E-state index in [1.807, 2.05) is 0 Å². The molecule has 0 bridgehead atoms. The van der Waals surface area contributed by atoms with Crippen LogP contribution in [0.2, 0.25) is 0 Å². The molecule has 0 spiro atoms. The molecule has 0 aromatic carbocycles. The van der Waals surface area contributed by atoms with Crippen molar-refractivity contribution in [2.24, 2.45) is 23.7 Å². The number of fused-ring (bicyclic) bond motifs is 1. The standard InChI is InChI=1S/C15H22OS/c1-10(2)15(16)17-8-7-12-9-11(3)13-5-4-6-14(12)13/h4-5,11-14H,1,6-9H2,2-3H3. The first kappa shape index (κ1) is 12.9. The van der Waals surface area contributed by atoms with Gasteiger partial charge in [-0.1, -0.05) is 37.4 Å². The van der Waals surface area contributed by atoms with Gasteiger partial charge in [-0.3, -0.25) is 4.79 Å². The van der Waals surface area contributed by atoms with E-state index < -0.39 is 0 Å². The molecule has 0 N–H and O–H groups in total. The minimum absolute atomic E-state index is 0.164. The zero-order valence-electron chi connectivity index (χ0n) is 10.8. The molecule has 0 aromatic heterocycles. The highest BCUT2D eigenvalue weighted by atomic mass is 32.2. The fourth-order valence-corrected chi connectivity index (χ4v) is 4.23. The third-order valence-corrected chi connectivity index (χ3v) is 5.32. The summed E-state index contributed by atoms with van der Waals surface area (Å²) in [6, 6.07) is 0. The average Bonchev–Trinajstić information content (AvgIpc) is 2.84. The summed E-state index contributed by atoms with van der Waals surface area (Å²) in [5, 5.41) is 0.164. The predicted molar refractivity (Wildman–Crippen MR) is 74.9 cm³/mol. The van der Waals surface area contributed by atoms with Gasteiger partial charge in [0.15, 0.2) is 0 Å². The topological polar surface area (TPSA) is 17.1 Å². The van der Waals surface area contributed by atoms with Crippen LogP contribution in [-0.2, 0) is 4.79 Å². The molecule has 1 saturated carbocycles. The van der Waals surface area contributed by atoms with Crippen LogP contribution in [0, 0.1) is 23.7 Å². The maximum Gasteiger partial charge on any atom is 0.214 e. The third kappa shape index (κ3) is 2.85. The molecule has 2 rings (SSSR count). The maximum atomic E-state index is 11.5. The van der Waals surface area contributed by atoms with Crippen molar-refractivity contribution in [3.8, 4) is 0 Å². The number of rotatable bonds is 4. The van der Waals surface area contributed by atoms with Gasteiger partial charge in [0.2, 0.25) is 5.12 Å². The number of carbonyl (C=O) groups is 1. The maximum absolute atomic E-state index is 11.5. The van der Waals surface area contributed by atoms with Crippen LogP contribution in [0.15, 0.2) is 24.3 Å². The highest BCUT2D eigenvalue weighted by Crippen LogP contribution is 2.48. The van der Waals surface area contributed by atoms with Crippen LogP contribution in [0.3, 0.4) is 0 Å². The molecule has 4 atom stereocenters. The van der Waals surface area contributed by atoms with Crippen molar-refractivity contribution >= 4 is 16.9 Å². The van der Waals surface area contributed by atoms with E-state index in [4.69, 9.17) is 0 Å². The molecule has 0 aliphatic heterocycles. The van der Waals surface area contributed by atoms with Crippen LogP contribution in [0.5, 0.6) is 0 Å². The number of carbonyl (C=O) groups excluding carboxylic acids is 1. The van der Waals surface area contributed by atoms with Crippen LogP contribution in [0.1, 0.15) is 33.1 Å². The number of hydrogen-bond donors (Lipinski definition) is 0. The minimum atomic E-state index is 0.164. The molecule has 0 amide bonds. The first-order chi connectivity index (χ1) is 8.09. The van der Waals surface area contributed by atoms with Crippen molar-refractivity contribution in [3.05, 3.63) is 24.3 Å². The smallest absolute Gasteiger partial charge is 0.214 e. The van der Waals surface area contributed by atoms with Crippen molar-refractivity contribution in [1.82, 2.24) is 0 Å². The summed E-state index contributed by atoms with van der Waals surface area (Å²) in [5.74, 6) is 4.32. The molecule has 0 saturated heterocycles. The van der Waals surface area contributed by atoms with E-state index >= 15 is 0 Å². The Kier molecular flexibility index (Phi) is 4.13. The lowest BCUT2D eigenvalue weighted by Gasteiger charge is -2.18. The highest BCUT2D eigenvalue weighted by molar-refractivity contribution is 8.14. The van der Waals surface area contributed by atoms with Crippen molar-refractivity contribution in [1.29, 1.82) is 0 Å². The van der Waals surface area contributed by atoms with Crippen LogP contribution in [-0.4, -0.2) is 10.9 Å². The Morgan fingerprint density at radius 2 is 2.29 bits per heavy atom. The van der Waals surface area contributed by atoms with Gasteiger partial charge in [0, 0.05) is 5.75 Å². The lowest BCUT2D eigenvalue weighted by Crippen LogP contribution is -2.11. The molecule has 4 unspecified atom stereocenters. The van der Waals surface area contributed by atoms with E-state index in [0.717, 1.165) is 29.4 Å².